The molecule has 144 valence electrons. The Hall–Kier alpha value is -1.96. The molecule has 2 aliphatic heterocycles. The Morgan fingerprint density at radius 3 is 2.81 bits per heavy atom. The maximum absolute atomic E-state index is 12.3. The lowest BCUT2D eigenvalue weighted by Crippen LogP contribution is -2.57. The van der Waals surface area contributed by atoms with E-state index in [9.17, 15) is 9.59 Å². The standard InChI is InChI=1S/C19H23ClN4O3/c1-14(25)23-8-9-27-19(13-23)4-6-22(7-5-19)12-16-10-18(26)24-11-15(20)2-3-17(24)21-16/h2-3,10-11H,4-9,12-13H2,1H3. The van der Waals surface area contributed by atoms with Crippen molar-refractivity contribution in [2.24, 2.45) is 0 Å². The van der Waals surface area contributed by atoms with Crippen LogP contribution >= 0.6 is 11.6 Å². The van der Waals surface area contributed by atoms with Crippen LogP contribution in [0.5, 0.6) is 0 Å². The number of nitrogens with zero attached hydrogens (tertiary/aromatic N) is 4. The fraction of sp³-hybridized carbons (Fsp3) is 0.526. The minimum absolute atomic E-state index is 0.112. The van der Waals surface area contributed by atoms with Crippen molar-refractivity contribution in [1.29, 1.82) is 0 Å². The van der Waals surface area contributed by atoms with Gasteiger partial charge in [-0.15, -0.1) is 0 Å². The number of amides is 1. The molecule has 2 aromatic rings. The Bertz CT molecular complexity index is 921. The van der Waals surface area contributed by atoms with Crippen LogP contribution in [0.2, 0.25) is 5.02 Å². The van der Waals surface area contributed by atoms with E-state index in [-0.39, 0.29) is 17.1 Å². The van der Waals surface area contributed by atoms with Crippen LogP contribution in [-0.4, -0.2) is 63.5 Å². The Labute approximate surface area is 162 Å². The Kier molecular flexibility index (Phi) is 4.92. The molecule has 2 aromatic heterocycles. The van der Waals surface area contributed by atoms with Gasteiger partial charge in [0, 0.05) is 51.9 Å². The van der Waals surface area contributed by atoms with Crippen molar-refractivity contribution in [2.45, 2.75) is 31.9 Å². The molecule has 0 radical (unpaired) electrons. The van der Waals surface area contributed by atoms with Crippen molar-refractivity contribution in [3.05, 3.63) is 45.5 Å². The highest BCUT2D eigenvalue weighted by Crippen LogP contribution is 2.30. The average Bonchev–Trinajstić information content (AvgIpc) is 2.65. The molecule has 0 N–H and O–H groups in total. The van der Waals surface area contributed by atoms with Crippen LogP contribution in [0.4, 0.5) is 0 Å². The van der Waals surface area contributed by atoms with Gasteiger partial charge in [0.05, 0.1) is 22.9 Å². The number of carbonyl (C=O) groups excluding carboxylic acids is 1. The first kappa shape index (κ1) is 18.4. The smallest absolute Gasteiger partial charge is 0.258 e. The molecule has 7 nitrogen and oxygen atoms in total. The number of rotatable bonds is 2. The molecule has 27 heavy (non-hydrogen) atoms. The Morgan fingerprint density at radius 2 is 2.07 bits per heavy atom. The predicted octanol–water partition coefficient (Wildman–Crippen LogP) is 1.56. The first-order chi connectivity index (χ1) is 12.9. The zero-order valence-corrected chi connectivity index (χ0v) is 16.1. The number of piperidine rings is 1. The number of hydrogen-bond donors (Lipinski definition) is 0. The van der Waals surface area contributed by atoms with Gasteiger partial charge < -0.3 is 9.64 Å². The van der Waals surface area contributed by atoms with Gasteiger partial charge in [-0.05, 0) is 25.0 Å². The molecule has 0 bridgehead atoms. The molecule has 0 aliphatic carbocycles. The minimum Gasteiger partial charge on any atom is -0.371 e. The molecule has 0 aromatic carbocycles. The van der Waals surface area contributed by atoms with Crippen LogP contribution in [-0.2, 0) is 16.1 Å². The molecule has 4 heterocycles. The van der Waals surface area contributed by atoms with Gasteiger partial charge in [-0.1, -0.05) is 11.6 Å². The minimum atomic E-state index is -0.229. The molecular formula is C19H23ClN4O3. The SMILES string of the molecule is CC(=O)N1CCOC2(CCN(Cc3cc(=O)n4cc(Cl)ccc4n3)CC2)C1. The summed E-state index contributed by atoms with van der Waals surface area (Å²) in [7, 11) is 0. The van der Waals surface area contributed by atoms with E-state index in [1.807, 2.05) is 4.90 Å². The number of ether oxygens (including phenoxy) is 1. The van der Waals surface area contributed by atoms with Crippen LogP contribution < -0.4 is 5.56 Å². The third kappa shape index (κ3) is 3.85. The van der Waals surface area contributed by atoms with E-state index in [2.05, 4.69) is 9.88 Å². The van der Waals surface area contributed by atoms with Gasteiger partial charge in [0.2, 0.25) is 5.91 Å². The summed E-state index contributed by atoms with van der Waals surface area (Å²) in [6, 6.07) is 5.06. The summed E-state index contributed by atoms with van der Waals surface area (Å²) in [6.07, 6.45) is 3.33. The zero-order chi connectivity index (χ0) is 19.0. The van der Waals surface area contributed by atoms with E-state index in [1.54, 1.807) is 31.3 Å². The molecule has 1 spiro atoms. The molecular weight excluding hydrogens is 368 g/mol. The lowest BCUT2D eigenvalue weighted by Gasteiger charge is -2.47. The average molecular weight is 391 g/mol. The number of fused-ring (bicyclic) bond motifs is 1. The van der Waals surface area contributed by atoms with Crippen LogP contribution in [0.25, 0.3) is 5.65 Å². The third-order valence-corrected chi connectivity index (χ3v) is 5.75. The molecule has 1 amide bonds. The monoisotopic (exact) mass is 390 g/mol. The Balaban J connectivity index is 1.44. The second-order valence-corrected chi connectivity index (χ2v) is 7.85. The number of halogens is 1. The number of aromatic nitrogens is 2. The summed E-state index contributed by atoms with van der Waals surface area (Å²) < 4.78 is 7.53. The first-order valence-electron chi connectivity index (χ1n) is 9.24. The Morgan fingerprint density at radius 1 is 1.30 bits per heavy atom. The number of pyridine rings is 1. The quantitative estimate of drug-likeness (QED) is 0.778. The fourth-order valence-electron chi connectivity index (χ4n) is 3.97. The second-order valence-electron chi connectivity index (χ2n) is 7.41. The highest BCUT2D eigenvalue weighted by Gasteiger charge is 2.40. The van der Waals surface area contributed by atoms with E-state index in [4.69, 9.17) is 16.3 Å². The summed E-state index contributed by atoms with van der Waals surface area (Å²) in [6.45, 7) is 5.90. The molecule has 0 atom stereocenters. The van der Waals surface area contributed by atoms with Crippen molar-refractivity contribution < 1.29 is 9.53 Å². The molecule has 0 unspecified atom stereocenters. The maximum Gasteiger partial charge on any atom is 0.258 e. The van der Waals surface area contributed by atoms with Crippen molar-refractivity contribution in [3.63, 3.8) is 0 Å². The first-order valence-corrected chi connectivity index (χ1v) is 9.62. The summed E-state index contributed by atoms with van der Waals surface area (Å²) in [4.78, 5) is 32.8. The molecule has 0 saturated carbocycles. The van der Waals surface area contributed by atoms with Gasteiger partial charge in [-0.2, -0.15) is 0 Å². The summed E-state index contributed by atoms with van der Waals surface area (Å²) in [5.74, 6) is 0.112. The second kappa shape index (κ2) is 7.22. The van der Waals surface area contributed by atoms with Crippen LogP contribution in [0.1, 0.15) is 25.5 Å². The van der Waals surface area contributed by atoms with E-state index in [0.29, 0.717) is 36.9 Å². The highest BCUT2D eigenvalue weighted by atomic mass is 35.5. The summed E-state index contributed by atoms with van der Waals surface area (Å²) >= 11 is 5.95. The normalized spacial score (nSPS) is 20.3. The molecule has 2 saturated heterocycles. The maximum atomic E-state index is 12.3. The van der Waals surface area contributed by atoms with E-state index < -0.39 is 0 Å². The van der Waals surface area contributed by atoms with Gasteiger partial charge >= 0.3 is 0 Å². The van der Waals surface area contributed by atoms with Gasteiger partial charge in [-0.3, -0.25) is 18.9 Å². The largest absolute Gasteiger partial charge is 0.371 e. The van der Waals surface area contributed by atoms with E-state index in [0.717, 1.165) is 31.6 Å². The van der Waals surface area contributed by atoms with E-state index >= 15 is 0 Å². The van der Waals surface area contributed by atoms with Crippen LogP contribution in [0, 0.1) is 0 Å². The predicted molar refractivity (Wildman–Crippen MR) is 102 cm³/mol. The topological polar surface area (TPSA) is 67.2 Å². The van der Waals surface area contributed by atoms with Crippen LogP contribution in [0.3, 0.4) is 0 Å². The van der Waals surface area contributed by atoms with Crippen molar-refractivity contribution in [1.82, 2.24) is 19.2 Å². The summed E-state index contributed by atoms with van der Waals surface area (Å²) in [5, 5.41) is 0.507. The molecule has 4 rings (SSSR count). The van der Waals surface area contributed by atoms with Gasteiger partial charge in [0.1, 0.15) is 5.65 Å². The molecule has 2 fully saturated rings. The van der Waals surface area contributed by atoms with Crippen molar-refractivity contribution >= 4 is 23.2 Å². The molecule has 2 aliphatic rings. The fourth-order valence-corrected chi connectivity index (χ4v) is 4.13. The van der Waals surface area contributed by atoms with Gasteiger partial charge in [-0.25, -0.2) is 4.98 Å². The number of morpholine rings is 1. The van der Waals surface area contributed by atoms with Crippen molar-refractivity contribution in [2.75, 3.05) is 32.8 Å². The highest BCUT2D eigenvalue weighted by molar-refractivity contribution is 6.30. The third-order valence-electron chi connectivity index (χ3n) is 5.52. The van der Waals surface area contributed by atoms with Crippen molar-refractivity contribution in [3.8, 4) is 0 Å². The zero-order valence-electron chi connectivity index (χ0n) is 15.4. The summed E-state index contributed by atoms with van der Waals surface area (Å²) in [5.41, 5.74) is 1.00. The van der Waals surface area contributed by atoms with Gasteiger partial charge in [0.25, 0.3) is 5.56 Å². The van der Waals surface area contributed by atoms with Crippen LogP contribution in [0.15, 0.2) is 29.2 Å². The van der Waals surface area contributed by atoms with E-state index in [1.165, 1.54) is 4.40 Å². The lowest BCUT2D eigenvalue weighted by atomic mass is 9.89. The van der Waals surface area contributed by atoms with Gasteiger partial charge in [0.15, 0.2) is 0 Å². The number of carbonyl (C=O) groups is 1. The number of likely N-dealkylation sites (tertiary alicyclic amines) is 1. The lowest BCUT2D eigenvalue weighted by molar-refractivity contribution is -0.158. The molecule has 8 heteroatoms. The number of hydrogen-bond acceptors (Lipinski definition) is 5.